The minimum absolute atomic E-state index is 0.0801. The predicted octanol–water partition coefficient (Wildman–Crippen LogP) is 8.74. The minimum atomic E-state index is 0.0801. The van der Waals surface area contributed by atoms with Crippen LogP contribution < -0.4 is 0 Å². The van der Waals surface area contributed by atoms with E-state index in [-0.39, 0.29) is 5.91 Å². The summed E-state index contributed by atoms with van der Waals surface area (Å²) in [6, 6.07) is 13.3. The number of nitrogens with zero attached hydrogens (tertiary/aromatic N) is 1. The number of unbranched alkanes of at least 4 members (excludes halogenated alkanes) is 6. The molecule has 172 valence electrons. The molecule has 0 saturated carbocycles. The summed E-state index contributed by atoms with van der Waals surface area (Å²) < 4.78 is 0. The third kappa shape index (κ3) is 6.30. The summed E-state index contributed by atoms with van der Waals surface area (Å²) in [7, 11) is 0. The lowest BCUT2D eigenvalue weighted by Crippen LogP contribution is -2.33. The number of aromatic nitrogens is 1. The van der Waals surface area contributed by atoms with Crippen LogP contribution in [-0.4, -0.2) is 28.9 Å². The second-order valence-electron chi connectivity index (χ2n) is 8.49. The summed E-state index contributed by atoms with van der Waals surface area (Å²) in [5.74, 6) is 0.0801. The molecule has 3 rings (SSSR count). The van der Waals surface area contributed by atoms with Crippen LogP contribution in [0.25, 0.3) is 22.2 Å². The van der Waals surface area contributed by atoms with Crippen LogP contribution in [0.15, 0.2) is 42.5 Å². The van der Waals surface area contributed by atoms with Gasteiger partial charge in [0.25, 0.3) is 5.91 Å². The number of carbonyl (C=O) groups excluding carboxylic acids is 1. The summed E-state index contributed by atoms with van der Waals surface area (Å²) in [4.78, 5) is 19.5. The Morgan fingerprint density at radius 3 is 2.00 bits per heavy atom. The molecule has 32 heavy (non-hydrogen) atoms. The molecule has 0 bridgehead atoms. The third-order valence-electron chi connectivity index (χ3n) is 5.96. The number of aromatic amines is 1. The van der Waals surface area contributed by atoms with E-state index in [1.807, 2.05) is 47.4 Å². The number of carbonyl (C=O) groups is 1. The van der Waals surface area contributed by atoms with Crippen LogP contribution in [0.1, 0.15) is 75.6 Å². The molecule has 0 radical (unpaired) electrons. The molecular formula is C27H34Cl2N2O. The van der Waals surface area contributed by atoms with Crippen LogP contribution in [0.3, 0.4) is 0 Å². The summed E-state index contributed by atoms with van der Waals surface area (Å²) >= 11 is 12.4. The van der Waals surface area contributed by atoms with Gasteiger partial charge in [-0.15, -0.1) is 0 Å². The van der Waals surface area contributed by atoms with Gasteiger partial charge in [0.2, 0.25) is 0 Å². The van der Waals surface area contributed by atoms with E-state index in [9.17, 15) is 4.79 Å². The number of hydrogen-bond acceptors (Lipinski definition) is 1. The molecule has 0 unspecified atom stereocenters. The molecule has 0 aliphatic heterocycles. The van der Waals surface area contributed by atoms with Gasteiger partial charge < -0.3 is 9.88 Å². The van der Waals surface area contributed by atoms with E-state index >= 15 is 0 Å². The highest BCUT2D eigenvalue weighted by Gasteiger charge is 2.24. The van der Waals surface area contributed by atoms with Gasteiger partial charge >= 0.3 is 0 Å². The number of nitrogens with one attached hydrogen (secondary N) is 1. The largest absolute Gasteiger partial charge is 0.354 e. The zero-order chi connectivity index (χ0) is 22.9. The van der Waals surface area contributed by atoms with Gasteiger partial charge in [0.05, 0.1) is 11.3 Å². The number of fused-ring (bicyclic) bond motifs is 1. The Balaban J connectivity index is 1.98. The van der Waals surface area contributed by atoms with Gasteiger partial charge in [-0.1, -0.05) is 87.7 Å². The fourth-order valence-corrected chi connectivity index (χ4v) is 4.45. The maximum absolute atomic E-state index is 14.0. The lowest BCUT2D eigenvalue weighted by molar-refractivity contribution is 0.0752. The zero-order valence-electron chi connectivity index (χ0n) is 19.2. The standard InChI is InChI=1S/C27H34Cl2N2O/c1-3-5-7-9-17-31(18-10-8-6-4-2)27(32)25-23-19-22(29)15-16-24(23)30-26(25)20-11-13-21(28)14-12-20/h11-16,19,30H,3-10,17-18H2,1-2H3. The molecule has 3 aromatic rings. The Hall–Kier alpha value is -1.97. The number of benzene rings is 2. The SMILES string of the molecule is CCCCCCN(CCCCCC)C(=O)c1c(-c2ccc(Cl)cc2)[nH]c2ccc(Cl)cc12. The topological polar surface area (TPSA) is 36.1 Å². The molecule has 1 N–H and O–H groups in total. The molecule has 5 heteroatoms. The van der Waals surface area contributed by atoms with Gasteiger partial charge in [-0.25, -0.2) is 0 Å². The Morgan fingerprint density at radius 2 is 1.41 bits per heavy atom. The lowest BCUT2D eigenvalue weighted by Gasteiger charge is -2.23. The molecule has 0 saturated heterocycles. The minimum Gasteiger partial charge on any atom is -0.354 e. The van der Waals surface area contributed by atoms with Crippen molar-refractivity contribution in [2.75, 3.05) is 13.1 Å². The number of rotatable bonds is 12. The fourth-order valence-electron chi connectivity index (χ4n) is 4.15. The average molecular weight is 473 g/mol. The molecule has 0 aliphatic carbocycles. The van der Waals surface area contributed by atoms with Crippen LogP contribution in [0.5, 0.6) is 0 Å². The van der Waals surface area contributed by atoms with E-state index in [2.05, 4.69) is 18.8 Å². The van der Waals surface area contributed by atoms with Crippen LogP contribution in [0, 0.1) is 0 Å². The highest BCUT2D eigenvalue weighted by molar-refractivity contribution is 6.32. The molecule has 3 nitrogen and oxygen atoms in total. The highest BCUT2D eigenvalue weighted by atomic mass is 35.5. The molecule has 1 aromatic heterocycles. The maximum Gasteiger partial charge on any atom is 0.256 e. The van der Waals surface area contributed by atoms with Crippen molar-refractivity contribution in [3.05, 3.63) is 58.1 Å². The van der Waals surface area contributed by atoms with Crippen molar-refractivity contribution in [3.63, 3.8) is 0 Å². The van der Waals surface area contributed by atoms with Crippen molar-refractivity contribution in [1.82, 2.24) is 9.88 Å². The summed E-state index contributed by atoms with van der Waals surface area (Å²) in [5.41, 5.74) is 3.40. The van der Waals surface area contributed by atoms with E-state index in [0.717, 1.165) is 60.9 Å². The third-order valence-corrected chi connectivity index (χ3v) is 6.44. The first-order valence-electron chi connectivity index (χ1n) is 11.9. The van der Waals surface area contributed by atoms with Gasteiger partial charge in [-0.3, -0.25) is 4.79 Å². The second-order valence-corrected chi connectivity index (χ2v) is 9.36. The van der Waals surface area contributed by atoms with Gasteiger partial charge in [0, 0.05) is 34.0 Å². The molecule has 0 atom stereocenters. The molecule has 2 aromatic carbocycles. The summed E-state index contributed by atoms with van der Waals surface area (Å²) in [5, 5.41) is 2.18. The molecule has 0 aliphatic rings. The molecular weight excluding hydrogens is 439 g/mol. The Bertz CT molecular complexity index is 998. The monoisotopic (exact) mass is 472 g/mol. The molecule has 0 fully saturated rings. The molecule has 1 heterocycles. The summed E-state index contributed by atoms with van der Waals surface area (Å²) in [6.07, 6.45) is 9.16. The average Bonchev–Trinajstić information content (AvgIpc) is 3.16. The smallest absolute Gasteiger partial charge is 0.256 e. The Labute approximate surface area is 202 Å². The number of H-pyrrole nitrogens is 1. The van der Waals surface area contributed by atoms with E-state index in [0.29, 0.717) is 15.6 Å². The van der Waals surface area contributed by atoms with Crippen molar-refractivity contribution in [2.45, 2.75) is 65.2 Å². The first kappa shape index (κ1) is 24.7. The number of amides is 1. The van der Waals surface area contributed by atoms with Gasteiger partial charge in [-0.05, 0) is 48.7 Å². The first-order valence-corrected chi connectivity index (χ1v) is 12.7. The normalized spacial score (nSPS) is 11.2. The predicted molar refractivity (Wildman–Crippen MR) is 138 cm³/mol. The maximum atomic E-state index is 14.0. The van der Waals surface area contributed by atoms with E-state index in [1.165, 1.54) is 25.7 Å². The summed E-state index contributed by atoms with van der Waals surface area (Å²) in [6.45, 7) is 6.00. The Kier molecular flexibility index (Phi) is 9.50. The van der Waals surface area contributed by atoms with E-state index in [1.54, 1.807) is 0 Å². The van der Waals surface area contributed by atoms with Crippen LogP contribution >= 0.6 is 23.2 Å². The quantitative estimate of drug-likeness (QED) is 0.262. The zero-order valence-corrected chi connectivity index (χ0v) is 20.7. The van der Waals surface area contributed by atoms with Crippen LogP contribution in [0.2, 0.25) is 10.0 Å². The fraction of sp³-hybridized carbons (Fsp3) is 0.444. The first-order chi connectivity index (χ1) is 15.5. The number of hydrogen-bond donors (Lipinski definition) is 1. The van der Waals surface area contributed by atoms with Crippen molar-refractivity contribution in [1.29, 1.82) is 0 Å². The van der Waals surface area contributed by atoms with Crippen LogP contribution in [0.4, 0.5) is 0 Å². The van der Waals surface area contributed by atoms with Gasteiger partial charge in [0.1, 0.15) is 0 Å². The van der Waals surface area contributed by atoms with Crippen molar-refractivity contribution >= 4 is 40.0 Å². The van der Waals surface area contributed by atoms with Gasteiger partial charge in [0.15, 0.2) is 0 Å². The number of halogens is 2. The highest BCUT2D eigenvalue weighted by Crippen LogP contribution is 2.33. The van der Waals surface area contributed by atoms with Gasteiger partial charge in [-0.2, -0.15) is 0 Å². The molecule has 1 amide bonds. The van der Waals surface area contributed by atoms with Crippen molar-refractivity contribution < 1.29 is 4.79 Å². The van der Waals surface area contributed by atoms with E-state index < -0.39 is 0 Å². The second kappa shape index (κ2) is 12.3. The van der Waals surface area contributed by atoms with Crippen LogP contribution in [-0.2, 0) is 0 Å². The van der Waals surface area contributed by atoms with Crippen molar-refractivity contribution in [3.8, 4) is 11.3 Å². The Morgan fingerprint density at radius 1 is 0.812 bits per heavy atom. The molecule has 0 spiro atoms. The van der Waals surface area contributed by atoms with Crippen molar-refractivity contribution in [2.24, 2.45) is 0 Å². The van der Waals surface area contributed by atoms with E-state index in [4.69, 9.17) is 23.2 Å². The lowest BCUT2D eigenvalue weighted by atomic mass is 10.0.